The monoisotopic (exact) mass is 210 g/mol. The average Bonchev–Trinajstić information content (AvgIpc) is 2.96. The normalized spacial score (nSPS) is 23.9. The maximum absolute atomic E-state index is 13.5. The minimum absolute atomic E-state index is 0.0726. The SMILES string of the molecule is NC[C@@H]1C[C@H]1c1c(F)cccc1[N+](=O)[O-]. The van der Waals surface area contributed by atoms with Crippen LogP contribution in [0.25, 0.3) is 0 Å². The van der Waals surface area contributed by atoms with Gasteiger partial charge in [-0.15, -0.1) is 0 Å². The number of nitro groups is 1. The second-order valence-electron chi connectivity index (χ2n) is 3.77. The Morgan fingerprint density at radius 2 is 2.33 bits per heavy atom. The van der Waals surface area contributed by atoms with E-state index < -0.39 is 10.7 Å². The predicted molar refractivity (Wildman–Crippen MR) is 53.0 cm³/mol. The molecule has 80 valence electrons. The van der Waals surface area contributed by atoms with E-state index in [0.717, 1.165) is 6.42 Å². The third kappa shape index (κ3) is 1.70. The first-order valence-electron chi connectivity index (χ1n) is 4.78. The Morgan fingerprint density at radius 3 is 2.87 bits per heavy atom. The van der Waals surface area contributed by atoms with Gasteiger partial charge in [0.2, 0.25) is 0 Å². The van der Waals surface area contributed by atoms with E-state index in [0.29, 0.717) is 6.54 Å². The van der Waals surface area contributed by atoms with Crippen molar-refractivity contribution in [1.82, 2.24) is 0 Å². The number of hydrogen-bond donors (Lipinski definition) is 1. The number of nitro benzene ring substituents is 1. The van der Waals surface area contributed by atoms with Crippen molar-refractivity contribution in [3.05, 3.63) is 39.7 Å². The van der Waals surface area contributed by atoms with Gasteiger partial charge in [0.1, 0.15) is 5.82 Å². The summed E-state index contributed by atoms with van der Waals surface area (Å²) in [5.74, 6) is -0.373. The summed E-state index contributed by atoms with van der Waals surface area (Å²) in [6, 6.07) is 3.95. The highest BCUT2D eigenvalue weighted by molar-refractivity contribution is 5.46. The minimum Gasteiger partial charge on any atom is -0.330 e. The van der Waals surface area contributed by atoms with E-state index in [1.807, 2.05) is 0 Å². The summed E-state index contributed by atoms with van der Waals surface area (Å²) in [5.41, 5.74) is 5.54. The van der Waals surface area contributed by atoms with Gasteiger partial charge in [0.15, 0.2) is 0 Å². The Balaban J connectivity index is 2.40. The van der Waals surface area contributed by atoms with Gasteiger partial charge in [0.25, 0.3) is 5.69 Å². The number of benzene rings is 1. The minimum atomic E-state index is -0.537. The van der Waals surface area contributed by atoms with Crippen molar-refractivity contribution >= 4 is 5.69 Å². The van der Waals surface area contributed by atoms with Crippen LogP contribution in [0.4, 0.5) is 10.1 Å². The van der Waals surface area contributed by atoms with E-state index in [-0.39, 0.29) is 23.1 Å². The van der Waals surface area contributed by atoms with Gasteiger partial charge in [0, 0.05) is 6.07 Å². The lowest BCUT2D eigenvalue weighted by molar-refractivity contribution is -0.385. The van der Waals surface area contributed by atoms with E-state index in [9.17, 15) is 14.5 Å². The van der Waals surface area contributed by atoms with Crippen LogP contribution in [0.5, 0.6) is 0 Å². The lowest BCUT2D eigenvalue weighted by Crippen LogP contribution is -2.04. The van der Waals surface area contributed by atoms with Crippen molar-refractivity contribution in [3.8, 4) is 0 Å². The molecule has 1 aromatic rings. The summed E-state index contributed by atoms with van der Waals surface area (Å²) in [6.45, 7) is 0.455. The topological polar surface area (TPSA) is 69.2 Å². The number of nitrogens with two attached hydrogens (primary N) is 1. The zero-order valence-corrected chi connectivity index (χ0v) is 8.02. The Hall–Kier alpha value is -1.49. The fourth-order valence-electron chi connectivity index (χ4n) is 1.91. The Kier molecular flexibility index (Phi) is 2.40. The second kappa shape index (κ2) is 3.58. The highest BCUT2D eigenvalue weighted by Crippen LogP contribution is 2.50. The number of hydrogen-bond acceptors (Lipinski definition) is 3. The van der Waals surface area contributed by atoms with E-state index in [1.165, 1.54) is 18.2 Å². The molecule has 0 saturated heterocycles. The van der Waals surface area contributed by atoms with Crippen LogP contribution in [0.2, 0.25) is 0 Å². The summed E-state index contributed by atoms with van der Waals surface area (Å²) in [5, 5.41) is 10.7. The highest BCUT2D eigenvalue weighted by Gasteiger charge is 2.42. The third-order valence-electron chi connectivity index (χ3n) is 2.82. The first-order valence-corrected chi connectivity index (χ1v) is 4.78. The zero-order valence-electron chi connectivity index (χ0n) is 8.02. The van der Waals surface area contributed by atoms with Crippen molar-refractivity contribution in [3.63, 3.8) is 0 Å². The van der Waals surface area contributed by atoms with E-state index in [1.54, 1.807) is 0 Å². The number of halogens is 1. The van der Waals surface area contributed by atoms with Crippen molar-refractivity contribution in [2.45, 2.75) is 12.3 Å². The lowest BCUT2D eigenvalue weighted by atomic mass is 10.1. The largest absolute Gasteiger partial charge is 0.330 e. The molecule has 2 rings (SSSR count). The van der Waals surface area contributed by atoms with Gasteiger partial charge in [0.05, 0.1) is 10.5 Å². The maximum atomic E-state index is 13.5. The quantitative estimate of drug-likeness (QED) is 0.610. The summed E-state index contributed by atoms with van der Waals surface area (Å²) < 4.78 is 13.5. The van der Waals surface area contributed by atoms with Crippen LogP contribution < -0.4 is 5.73 Å². The van der Waals surface area contributed by atoms with Gasteiger partial charge >= 0.3 is 0 Å². The fourth-order valence-corrected chi connectivity index (χ4v) is 1.91. The molecule has 0 unspecified atom stereocenters. The Bertz CT molecular complexity index is 408. The lowest BCUT2D eigenvalue weighted by Gasteiger charge is -2.02. The van der Waals surface area contributed by atoms with Gasteiger partial charge in [-0.1, -0.05) is 6.07 Å². The van der Waals surface area contributed by atoms with Crippen LogP contribution in [0.1, 0.15) is 17.9 Å². The van der Waals surface area contributed by atoms with Gasteiger partial charge in [-0.05, 0) is 30.9 Å². The van der Waals surface area contributed by atoms with Crippen LogP contribution >= 0.6 is 0 Å². The Labute approximate surface area is 86.0 Å². The molecule has 1 aliphatic carbocycles. The Morgan fingerprint density at radius 1 is 1.60 bits per heavy atom. The van der Waals surface area contributed by atoms with Crippen molar-refractivity contribution < 1.29 is 9.31 Å². The van der Waals surface area contributed by atoms with Crippen molar-refractivity contribution in [1.29, 1.82) is 0 Å². The standard InChI is InChI=1S/C10H11FN2O2/c11-8-2-1-3-9(13(14)15)10(8)7-4-6(7)5-12/h1-3,6-7H,4-5,12H2/t6-,7+/m0/s1. The van der Waals surface area contributed by atoms with Gasteiger partial charge in [-0.25, -0.2) is 4.39 Å². The molecule has 1 saturated carbocycles. The van der Waals surface area contributed by atoms with Gasteiger partial charge < -0.3 is 5.73 Å². The molecule has 0 aliphatic heterocycles. The maximum Gasteiger partial charge on any atom is 0.275 e. The average molecular weight is 210 g/mol. The smallest absolute Gasteiger partial charge is 0.275 e. The summed E-state index contributed by atoms with van der Waals surface area (Å²) >= 11 is 0. The second-order valence-corrected chi connectivity index (χ2v) is 3.77. The molecule has 1 fully saturated rings. The first kappa shape index (κ1) is 10.0. The molecule has 0 radical (unpaired) electrons. The molecule has 0 spiro atoms. The molecule has 4 nitrogen and oxygen atoms in total. The van der Waals surface area contributed by atoms with E-state index in [2.05, 4.69) is 0 Å². The number of rotatable bonds is 3. The molecule has 2 atom stereocenters. The molecule has 1 aromatic carbocycles. The van der Waals surface area contributed by atoms with Crippen LogP contribution in [-0.4, -0.2) is 11.5 Å². The highest BCUT2D eigenvalue weighted by atomic mass is 19.1. The van der Waals surface area contributed by atoms with Gasteiger partial charge in [-0.2, -0.15) is 0 Å². The molecule has 0 bridgehead atoms. The zero-order chi connectivity index (χ0) is 11.0. The van der Waals surface area contributed by atoms with Gasteiger partial charge in [-0.3, -0.25) is 10.1 Å². The molecule has 0 heterocycles. The molecule has 0 amide bonds. The predicted octanol–water partition coefficient (Wildman–Crippen LogP) is 1.80. The van der Waals surface area contributed by atoms with E-state index in [4.69, 9.17) is 5.73 Å². The first-order chi connectivity index (χ1) is 7.15. The van der Waals surface area contributed by atoms with Crippen LogP contribution in [0, 0.1) is 21.8 Å². The molecular formula is C10H11FN2O2. The van der Waals surface area contributed by atoms with Crippen molar-refractivity contribution in [2.75, 3.05) is 6.54 Å². The van der Waals surface area contributed by atoms with Crippen LogP contribution in [0.3, 0.4) is 0 Å². The van der Waals surface area contributed by atoms with Crippen LogP contribution in [-0.2, 0) is 0 Å². The third-order valence-corrected chi connectivity index (χ3v) is 2.82. The van der Waals surface area contributed by atoms with E-state index >= 15 is 0 Å². The number of nitrogens with zero attached hydrogens (tertiary/aromatic N) is 1. The van der Waals surface area contributed by atoms with Crippen molar-refractivity contribution in [2.24, 2.45) is 11.7 Å². The summed E-state index contributed by atoms with van der Waals surface area (Å²) in [4.78, 5) is 10.2. The molecule has 2 N–H and O–H groups in total. The molecular weight excluding hydrogens is 199 g/mol. The van der Waals surface area contributed by atoms with Crippen LogP contribution in [0.15, 0.2) is 18.2 Å². The fraction of sp³-hybridized carbons (Fsp3) is 0.400. The molecule has 15 heavy (non-hydrogen) atoms. The molecule has 5 heteroatoms. The molecule has 1 aliphatic rings. The summed E-state index contributed by atoms with van der Waals surface area (Å²) in [7, 11) is 0. The molecule has 0 aromatic heterocycles. The summed E-state index contributed by atoms with van der Waals surface area (Å²) in [6.07, 6.45) is 0.748.